The largest absolute Gasteiger partial charge is 0.462 e. The molecule has 0 saturated carbocycles. The fraction of sp³-hybridized carbons (Fsp3) is 0.652. The van der Waals surface area contributed by atoms with Crippen LogP contribution < -0.4 is 0 Å². The maximum absolute atomic E-state index is 12.9. The summed E-state index contributed by atoms with van der Waals surface area (Å²) in [7, 11) is 0. The molecule has 0 amide bonds. The van der Waals surface area contributed by atoms with Crippen LogP contribution in [0.15, 0.2) is 122 Å². The molecule has 0 saturated heterocycles. The Balaban J connectivity index is 4.49. The van der Waals surface area contributed by atoms with Gasteiger partial charge in [0, 0.05) is 19.3 Å². The zero-order chi connectivity index (χ0) is 52.2. The Morgan fingerprint density at radius 2 is 0.542 bits per heavy atom. The molecule has 0 fully saturated rings. The molecule has 0 radical (unpaired) electrons. The molecule has 0 bridgehead atoms. The molecule has 0 heterocycles. The Bertz CT molecular complexity index is 1520. The first-order valence-electron chi connectivity index (χ1n) is 29.5. The smallest absolute Gasteiger partial charge is 0.306 e. The van der Waals surface area contributed by atoms with Gasteiger partial charge in [0.1, 0.15) is 13.2 Å². The van der Waals surface area contributed by atoms with Crippen LogP contribution in [0.4, 0.5) is 0 Å². The monoisotopic (exact) mass is 997 g/mol. The Kier molecular flexibility index (Phi) is 55.9. The molecule has 408 valence electrons. The van der Waals surface area contributed by atoms with Gasteiger partial charge in [-0.25, -0.2) is 0 Å². The molecule has 1 atom stereocenters. The lowest BCUT2D eigenvalue weighted by atomic mass is 10.1. The molecule has 6 nitrogen and oxygen atoms in total. The van der Waals surface area contributed by atoms with Gasteiger partial charge >= 0.3 is 17.9 Å². The number of carbonyl (C=O) groups is 3. The van der Waals surface area contributed by atoms with Crippen molar-refractivity contribution in [1.29, 1.82) is 0 Å². The summed E-state index contributed by atoms with van der Waals surface area (Å²) in [5.74, 6) is -0.970. The van der Waals surface area contributed by atoms with Crippen LogP contribution in [-0.2, 0) is 28.6 Å². The number of hydrogen-bond donors (Lipinski definition) is 0. The van der Waals surface area contributed by atoms with E-state index in [1.807, 2.05) is 0 Å². The minimum atomic E-state index is -0.810. The van der Waals surface area contributed by atoms with E-state index < -0.39 is 6.10 Å². The SMILES string of the molecule is CC/C=C\C/C=C\C/C=C\C/C=C\C/C=C\CCCCCCCC(=O)OCC(COC(=O)CCCC/C=C\C/C=C\C/C=C\C/C=C\CC)OC(=O)CCCCCCCCC/C=C\CCCCCCCCC. The standard InChI is InChI=1S/C66H108O6/c1-4-7-10-13-16-19-22-25-28-30-32-33-34-36-38-41-44-47-50-53-56-59-65(68)71-62-63(61-70-64(67)58-55-52-49-46-43-40-37-27-24-21-18-15-12-9-6-3)72-66(69)60-57-54-51-48-45-42-39-35-31-29-26-23-20-17-14-11-8-5-2/h7,9-10,12,16,18-19,21,25,27-29,31-33,36-38,43,46,63H,4-6,8,11,13-15,17,20,22-24,26,30,34-35,39-42,44-45,47-62H2,1-3H3/b10-7-,12-9-,19-16-,21-18-,28-25-,31-29-,33-32-,37-27-,38-36-,46-43-. The van der Waals surface area contributed by atoms with E-state index in [1.54, 1.807) is 0 Å². The molecule has 0 aliphatic heterocycles. The van der Waals surface area contributed by atoms with Gasteiger partial charge in [-0.2, -0.15) is 0 Å². The van der Waals surface area contributed by atoms with E-state index >= 15 is 0 Å². The Morgan fingerprint density at radius 1 is 0.292 bits per heavy atom. The summed E-state index contributed by atoms with van der Waals surface area (Å²) in [5.41, 5.74) is 0. The quantitative estimate of drug-likeness (QED) is 0.0261. The van der Waals surface area contributed by atoms with Crippen molar-refractivity contribution in [2.75, 3.05) is 13.2 Å². The second-order valence-electron chi connectivity index (χ2n) is 19.1. The number of rotatable bonds is 52. The fourth-order valence-corrected chi connectivity index (χ4v) is 7.81. The Morgan fingerprint density at radius 3 is 0.889 bits per heavy atom. The summed E-state index contributed by atoms with van der Waals surface area (Å²) in [4.78, 5) is 38.2. The maximum Gasteiger partial charge on any atom is 0.306 e. The van der Waals surface area contributed by atoms with Gasteiger partial charge in [0.15, 0.2) is 6.10 Å². The molecule has 1 unspecified atom stereocenters. The first-order chi connectivity index (χ1) is 35.5. The van der Waals surface area contributed by atoms with E-state index in [0.717, 1.165) is 135 Å². The molecule has 0 aromatic rings. The molecular formula is C66H108O6. The van der Waals surface area contributed by atoms with Crippen molar-refractivity contribution in [3.05, 3.63) is 122 Å². The minimum Gasteiger partial charge on any atom is -0.462 e. The number of carbonyl (C=O) groups excluding carboxylic acids is 3. The van der Waals surface area contributed by atoms with Crippen LogP contribution >= 0.6 is 0 Å². The molecular weight excluding hydrogens is 889 g/mol. The van der Waals surface area contributed by atoms with Crippen molar-refractivity contribution in [3.8, 4) is 0 Å². The number of allylic oxidation sites excluding steroid dienone is 20. The van der Waals surface area contributed by atoms with Crippen LogP contribution in [0.25, 0.3) is 0 Å². The van der Waals surface area contributed by atoms with E-state index in [4.69, 9.17) is 14.2 Å². The molecule has 72 heavy (non-hydrogen) atoms. The zero-order valence-electron chi connectivity index (χ0n) is 46.7. The van der Waals surface area contributed by atoms with Gasteiger partial charge in [-0.05, 0) is 128 Å². The molecule has 0 aliphatic carbocycles. The summed E-state index contributed by atoms with van der Waals surface area (Å²) >= 11 is 0. The molecule has 0 spiro atoms. The maximum atomic E-state index is 12.9. The van der Waals surface area contributed by atoms with E-state index in [9.17, 15) is 14.4 Å². The molecule has 0 rings (SSSR count). The van der Waals surface area contributed by atoms with Gasteiger partial charge in [-0.3, -0.25) is 14.4 Å². The summed E-state index contributed by atoms with van der Waals surface area (Å²) in [5, 5.41) is 0. The lowest BCUT2D eigenvalue weighted by molar-refractivity contribution is -0.167. The van der Waals surface area contributed by atoms with Crippen molar-refractivity contribution in [2.24, 2.45) is 0 Å². The van der Waals surface area contributed by atoms with Gasteiger partial charge in [-0.1, -0.05) is 232 Å². The zero-order valence-corrected chi connectivity index (χ0v) is 46.7. The van der Waals surface area contributed by atoms with Crippen molar-refractivity contribution in [3.63, 3.8) is 0 Å². The predicted molar refractivity (Wildman–Crippen MR) is 311 cm³/mol. The van der Waals surface area contributed by atoms with E-state index in [1.165, 1.54) is 83.5 Å². The number of unbranched alkanes of at least 4 members (excludes halogenated alkanes) is 21. The van der Waals surface area contributed by atoms with Gasteiger partial charge in [0.05, 0.1) is 0 Å². The third-order valence-corrected chi connectivity index (χ3v) is 12.2. The highest BCUT2D eigenvalue weighted by molar-refractivity contribution is 5.71. The molecule has 0 aromatic carbocycles. The highest BCUT2D eigenvalue weighted by atomic mass is 16.6. The molecule has 0 N–H and O–H groups in total. The molecule has 6 heteroatoms. The van der Waals surface area contributed by atoms with E-state index in [-0.39, 0.29) is 31.1 Å². The average Bonchev–Trinajstić information content (AvgIpc) is 3.38. The molecule has 0 aromatic heterocycles. The Labute approximate surface area is 443 Å². The van der Waals surface area contributed by atoms with Gasteiger partial charge in [0.2, 0.25) is 0 Å². The fourth-order valence-electron chi connectivity index (χ4n) is 7.81. The van der Waals surface area contributed by atoms with E-state index in [0.29, 0.717) is 19.3 Å². The topological polar surface area (TPSA) is 78.9 Å². The number of esters is 3. The summed E-state index contributed by atoms with van der Waals surface area (Å²) in [6, 6.07) is 0. The minimum absolute atomic E-state index is 0.106. The number of ether oxygens (including phenoxy) is 3. The lowest BCUT2D eigenvalue weighted by Gasteiger charge is -2.18. The second kappa shape index (κ2) is 59.4. The normalized spacial score (nSPS) is 13.0. The molecule has 0 aliphatic rings. The van der Waals surface area contributed by atoms with Crippen LogP contribution in [0.5, 0.6) is 0 Å². The third-order valence-electron chi connectivity index (χ3n) is 12.2. The van der Waals surface area contributed by atoms with Gasteiger partial charge in [-0.15, -0.1) is 0 Å². The van der Waals surface area contributed by atoms with E-state index in [2.05, 4.69) is 142 Å². The third kappa shape index (κ3) is 56.7. The summed E-state index contributed by atoms with van der Waals surface area (Å²) in [6.07, 6.45) is 81.9. The van der Waals surface area contributed by atoms with Crippen molar-refractivity contribution in [1.82, 2.24) is 0 Å². The first kappa shape index (κ1) is 67.8. The lowest BCUT2D eigenvalue weighted by Crippen LogP contribution is -2.30. The van der Waals surface area contributed by atoms with Crippen molar-refractivity contribution < 1.29 is 28.6 Å². The highest BCUT2D eigenvalue weighted by Gasteiger charge is 2.19. The summed E-state index contributed by atoms with van der Waals surface area (Å²) < 4.78 is 16.8. The van der Waals surface area contributed by atoms with Gasteiger partial charge in [0.25, 0.3) is 0 Å². The second-order valence-corrected chi connectivity index (χ2v) is 19.1. The van der Waals surface area contributed by atoms with Crippen LogP contribution in [0, 0.1) is 0 Å². The van der Waals surface area contributed by atoms with Crippen molar-refractivity contribution in [2.45, 2.75) is 264 Å². The van der Waals surface area contributed by atoms with Crippen molar-refractivity contribution >= 4 is 17.9 Å². The van der Waals surface area contributed by atoms with Crippen LogP contribution in [0.2, 0.25) is 0 Å². The summed E-state index contributed by atoms with van der Waals surface area (Å²) in [6.45, 7) is 6.36. The average molecular weight is 998 g/mol. The van der Waals surface area contributed by atoms with Crippen LogP contribution in [0.3, 0.4) is 0 Å². The number of hydrogen-bond acceptors (Lipinski definition) is 6. The highest BCUT2D eigenvalue weighted by Crippen LogP contribution is 2.14. The van der Waals surface area contributed by atoms with Crippen LogP contribution in [-0.4, -0.2) is 37.2 Å². The predicted octanol–water partition coefficient (Wildman–Crippen LogP) is 20.0. The van der Waals surface area contributed by atoms with Crippen LogP contribution in [0.1, 0.15) is 258 Å². The first-order valence-corrected chi connectivity index (χ1v) is 29.5. The van der Waals surface area contributed by atoms with Gasteiger partial charge < -0.3 is 14.2 Å². The Hall–Kier alpha value is -4.19.